The molecule has 3 rings (SSSR count). The van der Waals surface area contributed by atoms with Crippen LogP contribution >= 0.6 is 0 Å². The maximum absolute atomic E-state index is 13.3. The van der Waals surface area contributed by atoms with Gasteiger partial charge in [0.2, 0.25) is 5.91 Å². The number of hydrogen-bond donors (Lipinski definition) is 1. The van der Waals surface area contributed by atoms with Gasteiger partial charge in [0.1, 0.15) is 11.7 Å². The Bertz CT molecular complexity index is 728. The first-order valence-electron chi connectivity index (χ1n) is 9.26. The zero-order chi connectivity index (χ0) is 19.8. The highest BCUT2D eigenvalue weighted by Crippen LogP contribution is 2.44. The quantitative estimate of drug-likeness (QED) is 0.804. The fraction of sp³-hybridized carbons (Fsp3) is 0.600. The van der Waals surface area contributed by atoms with Gasteiger partial charge in [0.15, 0.2) is 12.4 Å². The Morgan fingerprint density at radius 3 is 2.26 bits per heavy atom. The minimum atomic E-state index is -4.42. The molecule has 1 saturated carbocycles. The minimum absolute atomic E-state index is 0.0545. The summed E-state index contributed by atoms with van der Waals surface area (Å²) >= 11 is 0. The molecule has 148 valence electrons. The SMILES string of the molecule is Cc1cc(OCC(F)(F)F)cc(C)c1C1C(=O)NCC2(CCCCC2)C1=O. The Morgan fingerprint density at radius 1 is 1.11 bits per heavy atom. The molecule has 1 heterocycles. The third-order valence-electron chi connectivity index (χ3n) is 5.72. The average molecular weight is 383 g/mol. The van der Waals surface area contributed by atoms with Gasteiger partial charge in [-0.2, -0.15) is 13.2 Å². The van der Waals surface area contributed by atoms with Crippen molar-refractivity contribution in [3.8, 4) is 5.75 Å². The van der Waals surface area contributed by atoms with Crippen molar-refractivity contribution >= 4 is 11.7 Å². The van der Waals surface area contributed by atoms with Crippen molar-refractivity contribution < 1.29 is 27.5 Å². The molecule has 0 aromatic heterocycles. The number of piperidine rings is 1. The molecule has 27 heavy (non-hydrogen) atoms. The molecule has 7 heteroatoms. The number of nitrogens with one attached hydrogen (secondary N) is 1. The molecule has 4 nitrogen and oxygen atoms in total. The number of amides is 1. The van der Waals surface area contributed by atoms with E-state index in [9.17, 15) is 22.8 Å². The summed E-state index contributed by atoms with van der Waals surface area (Å²) in [5.74, 6) is -1.21. The Kier molecular flexibility index (Phi) is 5.23. The van der Waals surface area contributed by atoms with Crippen molar-refractivity contribution in [1.29, 1.82) is 0 Å². The summed E-state index contributed by atoms with van der Waals surface area (Å²) in [5.41, 5.74) is 1.25. The topological polar surface area (TPSA) is 55.4 Å². The number of ketones is 1. The summed E-state index contributed by atoms with van der Waals surface area (Å²) < 4.78 is 42.0. The third-order valence-corrected chi connectivity index (χ3v) is 5.72. The molecule has 1 aliphatic carbocycles. The molecular formula is C20H24F3NO3. The molecule has 1 aromatic rings. The van der Waals surface area contributed by atoms with Crippen molar-refractivity contribution in [3.63, 3.8) is 0 Å². The van der Waals surface area contributed by atoms with E-state index in [0.717, 1.165) is 32.1 Å². The van der Waals surface area contributed by atoms with Crippen LogP contribution in [0.15, 0.2) is 12.1 Å². The van der Waals surface area contributed by atoms with Gasteiger partial charge in [-0.3, -0.25) is 9.59 Å². The highest BCUT2D eigenvalue weighted by molar-refractivity contribution is 6.11. The van der Waals surface area contributed by atoms with E-state index in [1.807, 2.05) is 0 Å². The fourth-order valence-corrected chi connectivity index (χ4v) is 4.42. The van der Waals surface area contributed by atoms with E-state index in [0.29, 0.717) is 23.2 Å². The second-order valence-electron chi connectivity index (χ2n) is 7.73. The molecule has 1 amide bonds. The van der Waals surface area contributed by atoms with Crippen molar-refractivity contribution in [3.05, 3.63) is 28.8 Å². The molecule has 2 aliphatic rings. The van der Waals surface area contributed by atoms with Crippen molar-refractivity contribution in [1.82, 2.24) is 5.32 Å². The van der Waals surface area contributed by atoms with E-state index in [-0.39, 0.29) is 17.4 Å². The second-order valence-corrected chi connectivity index (χ2v) is 7.73. The van der Waals surface area contributed by atoms with Crippen LogP contribution in [0.4, 0.5) is 13.2 Å². The Balaban J connectivity index is 1.92. The summed E-state index contributed by atoms with van der Waals surface area (Å²) in [6.07, 6.45) is 0.151. The van der Waals surface area contributed by atoms with Crippen LogP contribution in [0.5, 0.6) is 5.75 Å². The van der Waals surface area contributed by atoms with Crippen molar-refractivity contribution in [2.75, 3.05) is 13.2 Å². The molecule has 1 aliphatic heterocycles. The normalized spacial score (nSPS) is 22.6. The van der Waals surface area contributed by atoms with Gasteiger partial charge in [0, 0.05) is 12.0 Å². The molecule has 1 saturated heterocycles. The lowest BCUT2D eigenvalue weighted by Gasteiger charge is -2.42. The first-order valence-corrected chi connectivity index (χ1v) is 9.26. The molecule has 1 unspecified atom stereocenters. The number of hydrogen-bond acceptors (Lipinski definition) is 3. The van der Waals surface area contributed by atoms with E-state index < -0.39 is 24.1 Å². The van der Waals surface area contributed by atoms with Gasteiger partial charge in [-0.25, -0.2) is 0 Å². The average Bonchev–Trinajstić information content (AvgIpc) is 2.59. The molecule has 1 atom stereocenters. The maximum atomic E-state index is 13.3. The number of rotatable bonds is 3. The number of halogens is 3. The van der Waals surface area contributed by atoms with Crippen LogP contribution in [0.25, 0.3) is 0 Å². The minimum Gasteiger partial charge on any atom is -0.484 e. The number of Topliss-reactive ketones (excluding diaryl/α,β-unsaturated/α-hetero) is 1. The van der Waals surface area contributed by atoms with Crippen LogP contribution in [-0.4, -0.2) is 31.0 Å². The first kappa shape index (κ1) is 19.7. The highest BCUT2D eigenvalue weighted by atomic mass is 19.4. The Hall–Kier alpha value is -2.05. The second kappa shape index (κ2) is 7.17. The van der Waals surface area contributed by atoms with Gasteiger partial charge in [-0.15, -0.1) is 0 Å². The van der Waals surface area contributed by atoms with Crippen LogP contribution < -0.4 is 10.1 Å². The standard InChI is InChI=1S/C20H24F3NO3/c1-12-8-14(27-11-20(21,22)23)9-13(2)15(12)16-17(25)19(10-24-18(16)26)6-4-3-5-7-19/h8-9,16H,3-7,10-11H2,1-2H3,(H,24,26). The Morgan fingerprint density at radius 2 is 1.70 bits per heavy atom. The number of benzene rings is 1. The van der Waals surface area contributed by atoms with Gasteiger partial charge in [-0.1, -0.05) is 19.3 Å². The molecule has 1 aromatic carbocycles. The Labute approximate surface area is 156 Å². The summed E-state index contributed by atoms with van der Waals surface area (Å²) in [7, 11) is 0. The van der Waals surface area contributed by atoms with Crippen LogP contribution in [0.3, 0.4) is 0 Å². The first-order chi connectivity index (χ1) is 12.6. The van der Waals surface area contributed by atoms with Crippen LogP contribution in [-0.2, 0) is 9.59 Å². The van der Waals surface area contributed by atoms with Gasteiger partial charge in [0.05, 0.1) is 0 Å². The summed E-state index contributed by atoms with van der Waals surface area (Å²) in [5, 5.41) is 2.90. The lowest BCUT2D eigenvalue weighted by atomic mass is 9.64. The smallest absolute Gasteiger partial charge is 0.422 e. The van der Waals surface area contributed by atoms with Crippen molar-refractivity contribution in [2.24, 2.45) is 5.41 Å². The number of alkyl halides is 3. The van der Waals surface area contributed by atoms with E-state index in [1.54, 1.807) is 13.8 Å². The largest absolute Gasteiger partial charge is 0.484 e. The molecule has 0 radical (unpaired) electrons. The molecule has 0 bridgehead atoms. The predicted molar refractivity (Wildman–Crippen MR) is 93.7 cm³/mol. The maximum Gasteiger partial charge on any atom is 0.422 e. The zero-order valence-corrected chi connectivity index (χ0v) is 15.5. The number of aryl methyl sites for hydroxylation is 2. The zero-order valence-electron chi connectivity index (χ0n) is 15.5. The van der Waals surface area contributed by atoms with E-state index in [2.05, 4.69) is 5.32 Å². The summed E-state index contributed by atoms with van der Waals surface area (Å²) in [4.78, 5) is 25.9. The lowest BCUT2D eigenvalue weighted by molar-refractivity contribution is -0.153. The number of carbonyl (C=O) groups is 2. The van der Waals surface area contributed by atoms with Gasteiger partial charge in [-0.05, 0) is 55.5 Å². The van der Waals surface area contributed by atoms with E-state index in [1.165, 1.54) is 12.1 Å². The molecular weight excluding hydrogens is 359 g/mol. The van der Waals surface area contributed by atoms with E-state index >= 15 is 0 Å². The summed E-state index contributed by atoms with van der Waals surface area (Å²) in [6.45, 7) is 2.40. The molecule has 1 spiro atoms. The summed E-state index contributed by atoms with van der Waals surface area (Å²) in [6, 6.07) is 2.94. The number of ether oxygens (including phenoxy) is 1. The van der Waals surface area contributed by atoms with Crippen LogP contribution in [0.1, 0.15) is 54.7 Å². The van der Waals surface area contributed by atoms with Crippen molar-refractivity contribution in [2.45, 2.75) is 58.0 Å². The van der Waals surface area contributed by atoms with Gasteiger partial charge >= 0.3 is 6.18 Å². The molecule has 1 N–H and O–H groups in total. The van der Waals surface area contributed by atoms with Gasteiger partial charge in [0.25, 0.3) is 0 Å². The number of carbonyl (C=O) groups excluding carboxylic acids is 2. The van der Waals surface area contributed by atoms with Gasteiger partial charge < -0.3 is 10.1 Å². The van der Waals surface area contributed by atoms with Crippen LogP contribution in [0, 0.1) is 19.3 Å². The lowest BCUT2D eigenvalue weighted by Crippen LogP contribution is -2.55. The van der Waals surface area contributed by atoms with E-state index in [4.69, 9.17) is 4.74 Å². The monoisotopic (exact) mass is 383 g/mol. The van der Waals surface area contributed by atoms with Crippen LogP contribution in [0.2, 0.25) is 0 Å². The third kappa shape index (κ3) is 3.96. The molecule has 2 fully saturated rings. The highest BCUT2D eigenvalue weighted by Gasteiger charge is 2.49. The predicted octanol–water partition coefficient (Wildman–Crippen LogP) is 3.98. The fourth-order valence-electron chi connectivity index (χ4n) is 4.42.